The third-order valence-corrected chi connectivity index (χ3v) is 6.99. The fourth-order valence-corrected chi connectivity index (χ4v) is 5.00. The molecule has 0 radical (unpaired) electrons. The number of carboxylic acids is 1. The van der Waals surface area contributed by atoms with E-state index in [2.05, 4.69) is 64.6 Å². The van der Waals surface area contributed by atoms with Crippen molar-refractivity contribution in [1.82, 2.24) is 15.2 Å². The number of aromatic nitrogens is 1. The molecule has 3 aromatic rings. The van der Waals surface area contributed by atoms with E-state index in [1.54, 1.807) is 6.07 Å². The van der Waals surface area contributed by atoms with Gasteiger partial charge < -0.3 is 10.4 Å². The molecule has 1 saturated heterocycles. The lowest BCUT2D eigenvalue weighted by molar-refractivity contribution is 0.0696. The highest BCUT2D eigenvalue weighted by Crippen LogP contribution is 2.35. The van der Waals surface area contributed by atoms with E-state index < -0.39 is 5.97 Å². The molecular formula is C29H35N3O2. The molecule has 0 bridgehead atoms. The van der Waals surface area contributed by atoms with Gasteiger partial charge >= 0.3 is 5.97 Å². The van der Waals surface area contributed by atoms with Crippen LogP contribution in [0.5, 0.6) is 0 Å². The zero-order valence-electron chi connectivity index (χ0n) is 20.0. The maximum Gasteiger partial charge on any atom is 0.335 e. The summed E-state index contributed by atoms with van der Waals surface area (Å²) in [5.74, 6) is -0.865. The summed E-state index contributed by atoms with van der Waals surface area (Å²) in [7, 11) is 0. The number of rotatable bonds is 10. The molecule has 0 saturated carbocycles. The van der Waals surface area contributed by atoms with Crippen molar-refractivity contribution in [2.24, 2.45) is 5.41 Å². The molecule has 1 fully saturated rings. The van der Waals surface area contributed by atoms with Crippen LogP contribution in [0.3, 0.4) is 0 Å². The Morgan fingerprint density at radius 2 is 1.76 bits per heavy atom. The second kappa shape index (κ2) is 11.4. The highest BCUT2D eigenvalue weighted by Gasteiger charge is 2.35. The maximum atomic E-state index is 11.5. The van der Waals surface area contributed by atoms with E-state index in [9.17, 15) is 9.90 Å². The minimum Gasteiger partial charge on any atom is -0.478 e. The number of nitrogens with one attached hydrogen (secondary N) is 1. The number of pyridine rings is 1. The SMILES string of the molecule is CC(Cc1ccccc1)NCC1(Cc2cccc(C(=O)O)c2)CCN(Cc2ccccn2)CC1. The number of carbonyl (C=O) groups is 1. The standard InChI is InChI=1S/C29H35N3O2/c1-23(18-24-8-3-2-4-9-24)31-22-29(20-25-10-7-11-26(19-25)28(33)34)13-16-32(17-14-29)21-27-12-5-6-15-30-27/h2-12,15,19,23,31H,13-14,16-18,20-22H2,1H3,(H,33,34). The van der Waals surface area contributed by atoms with Crippen LogP contribution >= 0.6 is 0 Å². The second-order valence-electron chi connectivity index (χ2n) is 9.75. The van der Waals surface area contributed by atoms with Gasteiger partial charge in [0, 0.05) is 25.3 Å². The number of piperidine rings is 1. The summed E-state index contributed by atoms with van der Waals surface area (Å²) in [6, 6.07) is 24.5. The molecule has 178 valence electrons. The van der Waals surface area contributed by atoms with Crippen LogP contribution in [0.1, 0.15) is 46.9 Å². The molecule has 0 amide bonds. The Morgan fingerprint density at radius 1 is 1.03 bits per heavy atom. The van der Waals surface area contributed by atoms with Crippen molar-refractivity contribution in [2.45, 2.75) is 45.2 Å². The number of likely N-dealkylation sites (tertiary alicyclic amines) is 1. The van der Waals surface area contributed by atoms with E-state index in [1.165, 1.54) is 5.56 Å². The molecular weight excluding hydrogens is 422 g/mol. The lowest BCUT2D eigenvalue weighted by Gasteiger charge is -2.43. The predicted octanol–water partition coefficient (Wildman–Crippen LogP) is 4.83. The normalized spacial score (nSPS) is 16.7. The minimum absolute atomic E-state index is 0.0999. The first-order valence-corrected chi connectivity index (χ1v) is 12.2. The van der Waals surface area contributed by atoms with E-state index in [0.29, 0.717) is 11.6 Å². The molecule has 5 heteroatoms. The largest absolute Gasteiger partial charge is 0.478 e. The Bertz CT molecular complexity index is 1050. The van der Waals surface area contributed by atoms with Crippen molar-refractivity contribution in [3.05, 3.63) is 101 Å². The first-order chi connectivity index (χ1) is 16.5. The van der Waals surface area contributed by atoms with Crippen LogP contribution in [0.2, 0.25) is 0 Å². The zero-order valence-corrected chi connectivity index (χ0v) is 20.0. The van der Waals surface area contributed by atoms with Gasteiger partial charge in [0.1, 0.15) is 0 Å². The Hall–Kier alpha value is -3.02. The van der Waals surface area contributed by atoms with Crippen molar-refractivity contribution in [3.8, 4) is 0 Å². The van der Waals surface area contributed by atoms with Crippen LogP contribution in [0.25, 0.3) is 0 Å². The minimum atomic E-state index is -0.865. The number of hydrogen-bond acceptors (Lipinski definition) is 4. The van der Waals surface area contributed by atoms with E-state index in [4.69, 9.17) is 0 Å². The summed E-state index contributed by atoms with van der Waals surface area (Å²) >= 11 is 0. The number of nitrogens with zero attached hydrogens (tertiary/aromatic N) is 2. The third kappa shape index (κ3) is 6.75. The van der Waals surface area contributed by atoms with Crippen LogP contribution in [0, 0.1) is 5.41 Å². The van der Waals surface area contributed by atoms with E-state index in [1.807, 2.05) is 30.5 Å². The first kappa shape index (κ1) is 24.1. The van der Waals surface area contributed by atoms with Gasteiger partial charge in [0.15, 0.2) is 0 Å². The van der Waals surface area contributed by atoms with Gasteiger partial charge in [0.25, 0.3) is 0 Å². The zero-order chi connectivity index (χ0) is 23.8. The Balaban J connectivity index is 1.43. The van der Waals surface area contributed by atoms with E-state index in [-0.39, 0.29) is 5.41 Å². The Kier molecular flexibility index (Phi) is 8.09. The molecule has 2 heterocycles. The summed E-state index contributed by atoms with van der Waals surface area (Å²) in [6.45, 7) is 6.09. The van der Waals surface area contributed by atoms with Crippen LogP contribution in [-0.2, 0) is 19.4 Å². The fourth-order valence-electron chi connectivity index (χ4n) is 5.00. The Morgan fingerprint density at radius 3 is 2.47 bits per heavy atom. The van der Waals surface area contributed by atoms with Gasteiger partial charge in [0.2, 0.25) is 0 Å². The number of aromatic carboxylic acids is 1. The summed E-state index contributed by atoms with van der Waals surface area (Å²) in [4.78, 5) is 18.5. The quantitative estimate of drug-likeness (QED) is 0.457. The average Bonchev–Trinajstić information content (AvgIpc) is 2.86. The van der Waals surface area contributed by atoms with Crippen molar-refractivity contribution < 1.29 is 9.90 Å². The molecule has 0 spiro atoms. The average molecular weight is 458 g/mol. The molecule has 1 unspecified atom stereocenters. The smallest absolute Gasteiger partial charge is 0.335 e. The monoisotopic (exact) mass is 457 g/mol. The van der Waals surface area contributed by atoms with Crippen LogP contribution in [0.4, 0.5) is 0 Å². The van der Waals surface area contributed by atoms with Gasteiger partial charge in [-0.15, -0.1) is 0 Å². The van der Waals surface area contributed by atoms with Gasteiger partial charge in [-0.3, -0.25) is 9.88 Å². The topological polar surface area (TPSA) is 65.5 Å². The second-order valence-corrected chi connectivity index (χ2v) is 9.75. The van der Waals surface area contributed by atoms with Gasteiger partial charge in [-0.25, -0.2) is 4.79 Å². The molecule has 34 heavy (non-hydrogen) atoms. The van der Waals surface area contributed by atoms with Crippen LogP contribution < -0.4 is 5.32 Å². The van der Waals surface area contributed by atoms with Crippen LogP contribution in [-0.4, -0.2) is 46.6 Å². The summed E-state index contributed by atoms with van der Waals surface area (Å²) in [5.41, 5.74) is 4.03. The lowest BCUT2D eigenvalue weighted by atomic mass is 9.73. The van der Waals surface area contributed by atoms with Crippen molar-refractivity contribution in [2.75, 3.05) is 19.6 Å². The van der Waals surface area contributed by atoms with Crippen molar-refractivity contribution >= 4 is 5.97 Å². The highest BCUT2D eigenvalue weighted by atomic mass is 16.4. The fraction of sp³-hybridized carbons (Fsp3) is 0.379. The van der Waals surface area contributed by atoms with Crippen molar-refractivity contribution in [1.29, 1.82) is 0 Å². The van der Waals surface area contributed by atoms with Gasteiger partial charge in [-0.05, 0) is 86.5 Å². The molecule has 1 atom stereocenters. The number of hydrogen-bond donors (Lipinski definition) is 2. The predicted molar refractivity (Wildman–Crippen MR) is 136 cm³/mol. The van der Waals surface area contributed by atoms with Gasteiger partial charge in [0.05, 0.1) is 11.3 Å². The Labute approximate surface area is 202 Å². The number of benzene rings is 2. The van der Waals surface area contributed by atoms with Gasteiger partial charge in [-0.2, -0.15) is 0 Å². The molecule has 1 aromatic heterocycles. The molecule has 2 N–H and O–H groups in total. The number of carboxylic acid groups (broad SMARTS) is 1. The molecule has 5 nitrogen and oxygen atoms in total. The highest BCUT2D eigenvalue weighted by molar-refractivity contribution is 5.87. The first-order valence-electron chi connectivity index (χ1n) is 12.2. The van der Waals surface area contributed by atoms with E-state index in [0.717, 1.165) is 63.1 Å². The molecule has 1 aliphatic rings. The van der Waals surface area contributed by atoms with Crippen molar-refractivity contribution in [3.63, 3.8) is 0 Å². The molecule has 2 aromatic carbocycles. The summed E-state index contributed by atoms with van der Waals surface area (Å²) in [5, 5.41) is 13.3. The molecule has 1 aliphatic heterocycles. The molecule has 0 aliphatic carbocycles. The summed E-state index contributed by atoms with van der Waals surface area (Å²) in [6.07, 6.45) is 5.88. The maximum absolute atomic E-state index is 11.5. The van der Waals surface area contributed by atoms with Gasteiger partial charge in [-0.1, -0.05) is 48.5 Å². The molecule has 4 rings (SSSR count). The lowest BCUT2D eigenvalue weighted by Crippen LogP contribution is -2.48. The van der Waals surface area contributed by atoms with Crippen LogP contribution in [0.15, 0.2) is 79.0 Å². The third-order valence-electron chi connectivity index (χ3n) is 6.99. The summed E-state index contributed by atoms with van der Waals surface area (Å²) < 4.78 is 0. The van der Waals surface area contributed by atoms with E-state index >= 15 is 0 Å².